The number of nitrogens with one attached hydrogen (secondary N) is 1. The fraction of sp³-hybridized carbons (Fsp3) is 0.500. The highest BCUT2D eigenvalue weighted by atomic mass is 32.2. The van der Waals surface area contributed by atoms with Gasteiger partial charge in [0.2, 0.25) is 10.0 Å². The molecule has 1 fully saturated rings. The summed E-state index contributed by atoms with van der Waals surface area (Å²) in [5, 5.41) is 29.7. The lowest BCUT2D eigenvalue weighted by molar-refractivity contribution is -0.138. The van der Waals surface area contributed by atoms with Gasteiger partial charge in [0, 0.05) is 68.7 Å². The number of alkyl halides is 3. The van der Waals surface area contributed by atoms with E-state index < -0.39 is 33.5 Å². The zero-order valence-electron chi connectivity index (χ0n) is 28.2. The Bertz CT molecular complexity index is 1720. The van der Waals surface area contributed by atoms with Crippen LogP contribution in [0.15, 0.2) is 54.2 Å². The first-order valence-electron chi connectivity index (χ1n) is 16.1. The van der Waals surface area contributed by atoms with Gasteiger partial charge in [-0.2, -0.15) is 22.6 Å². The Labute approximate surface area is 285 Å². The molecular formula is C34H45F3N6O5S. The number of halogens is 3. The van der Waals surface area contributed by atoms with Crippen LogP contribution in [0.25, 0.3) is 11.3 Å². The molecule has 11 nitrogen and oxygen atoms in total. The highest BCUT2D eigenvalue weighted by Gasteiger charge is 2.37. The number of pyridine rings is 1. The number of aldehydes is 1. The Morgan fingerprint density at radius 1 is 1.12 bits per heavy atom. The third-order valence-electron chi connectivity index (χ3n) is 8.70. The number of aliphatic hydroxyl groups excluding tert-OH is 1. The summed E-state index contributed by atoms with van der Waals surface area (Å²) in [5.41, 5.74) is 2.21. The first-order chi connectivity index (χ1) is 23.1. The van der Waals surface area contributed by atoms with Crippen LogP contribution in [0.4, 0.5) is 13.2 Å². The quantitative estimate of drug-likeness (QED) is 0.214. The number of nitrogens with zero attached hydrogens (tertiary/aromatic N) is 5. The fourth-order valence-electron chi connectivity index (χ4n) is 6.18. The number of aliphatic hydroxyl groups is 2. The maximum Gasteiger partial charge on any atom is 0.416 e. The molecule has 268 valence electrons. The van der Waals surface area contributed by atoms with E-state index in [0.717, 1.165) is 29.9 Å². The van der Waals surface area contributed by atoms with E-state index in [4.69, 9.17) is 5.10 Å². The van der Waals surface area contributed by atoms with Crippen LogP contribution < -0.4 is 5.32 Å². The lowest BCUT2D eigenvalue weighted by atomic mass is 9.87. The van der Waals surface area contributed by atoms with Crippen LogP contribution in [0.5, 0.6) is 0 Å². The lowest BCUT2D eigenvalue weighted by Crippen LogP contribution is -2.46. The molecule has 3 N–H and O–H groups in total. The Kier molecular flexibility index (Phi) is 12.5. The summed E-state index contributed by atoms with van der Waals surface area (Å²) in [6.07, 6.45) is 1.06. The van der Waals surface area contributed by atoms with Crippen molar-refractivity contribution in [3.05, 3.63) is 82.3 Å². The molecule has 3 aromatic rings. The van der Waals surface area contributed by atoms with Crippen molar-refractivity contribution in [3.8, 4) is 11.3 Å². The molecule has 2 aliphatic heterocycles. The third-order valence-corrected chi connectivity index (χ3v) is 9.95. The molecule has 1 saturated heterocycles. The van der Waals surface area contributed by atoms with Crippen LogP contribution in [0.2, 0.25) is 0 Å². The van der Waals surface area contributed by atoms with Crippen LogP contribution in [0.3, 0.4) is 0 Å². The number of β-amino-alcohol motifs (C(OH)–C–C–N with tert-alkyl or cyclic N) is 1. The molecule has 4 heterocycles. The van der Waals surface area contributed by atoms with E-state index in [1.807, 2.05) is 26.0 Å². The van der Waals surface area contributed by atoms with Gasteiger partial charge in [-0.3, -0.25) is 14.5 Å². The first kappa shape index (κ1) is 38.3. The molecule has 15 heteroatoms. The monoisotopic (exact) mass is 706 g/mol. The van der Waals surface area contributed by atoms with Crippen molar-refractivity contribution >= 4 is 16.3 Å². The maximum absolute atomic E-state index is 13.7. The summed E-state index contributed by atoms with van der Waals surface area (Å²) in [6.45, 7) is 5.64. The Morgan fingerprint density at radius 3 is 2.39 bits per heavy atom. The summed E-state index contributed by atoms with van der Waals surface area (Å²) in [6, 6.07) is 9.29. The normalized spacial score (nSPS) is 17.4. The molecule has 49 heavy (non-hydrogen) atoms. The van der Waals surface area contributed by atoms with Crippen molar-refractivity contribution < 1.29 is 36.6 Å². The van der Waals surface area contributed by atoms with Gasteiger partial charge in [-0.25, -0.2) is 8.42 Å². The zero-order valence-corrected chi connectivity index (χ0v) is 29.1. The number of carbonyl (C=O) groups is 1. The predicted octanol–water partition coefficient (Wildman–Crippen LogP) is 3.50. The van der Waals surface area contributed by atoms with Crippen LogP contribution in [0.1, 0.15) is 54.8 Å². The van der Waals surface area contributed by atoms with Gasteiger partial charge in [-0.05, 0) is 69.6 Å². The van der Waals surface area contributed by atoms with E-state index in [2.05, 4.69) is 15.2 Å². The number of carbonyl (C=O) groups excluding carboxylic acids is 1. The summed E-state index contributed by atoms with van der Waals surface area (Å²) in [7, 11) is -1.95. The van der Waals surface area contributed by atoms with E-state index in [1.165, 1.54) is 22.5 Å². The van der Waals surface area contributed by atoms with Gasteiger partial charge in [-0.15, -0.1) is 0 Å². The summed E-state index contributed by atoms with van der Waals surface area (Å²) in [4.78, 5) is 15.9. The second-order valence-electron chi connectivity index (χ2n) is 12.8. The number of fused-ring (bicyclic) bond motifs is 1. The van der Waals surface area contributed by atoms with Crippen molar-refractivity contribution in [2.75, 3.05) is 39.5 Å². The Balaban J connectivity index is 0.000000827. The van der Waals surface area contributed by atoms with Crippen LogP contribution in [-0.4, -0.2) is 94.5 Å². The second-order valence-corrected chi connectivity index (χ2v) is 14.8. The number of hydrogen-bond acceptors (Lipinski definition) is 9. The number of sulfonamides is 1. The number of rotatable bonds is 10. The van der Waals surface area contributed by atoms with E-state index in [9.17, 15) is 36.6 Å². The second kappa shape index (κ2) is 16.0. The van der Waals surface area contributed by atoms with Crippen LogP contribution in [0, 0.1) is 0 Å². The van der Waals surface area contributed by atoms with Crippen LogP contribution in [-0.2, 0) is 52.7 Å². The zero-order chi connectivity index (χ0) is 36.0. The van der Waals surface area contributed by atoms with Gasteiger partial charge in [0.1, 0.15) is 11.9 Å². The average molecular weight is 707 g/mol. The minimum Gasteiger partial charge on any atom is -0.390 e. The van der Waals surface area contributed by atoms with Crippen LogP contribution >= 0.6 is 0 Å². The largest absolute Gasteiger partial charge is 0.416 e. The van der Waals surface area contributed by atoms with Gasteiger partial charge in [0.15, 0.2) is 0 Å². The van der Waals surface area contributed by atoms with Gasteiger partial charge >= 0.3 is 6.18 Å². The summed E-state index contributed by atoms with van der Waals surface area (Å²) in [5.74, 6) is 0. The van der Waals surface area contributed by atoms with Gasteiger partial charge < -0.3 is 20.4 Å². The average Bonchev–Trinajstić information content (AvgIpc) is 3.39. The van der Waals surface area contributed by atoms with Gasteiger partial charge in [0.05, 0.1) is 35.9 Å². The van der Waals surface area contributed by atoms with Gasteiger partial charge in [-0.1, -0.05) is 17.7 Å². The highest BCUT2D eigenvalue weighted by molar-refractivity contribution is 7.88. The minimum atomic E-state index is -4.53. The first-order valence-corrected chi connectivity index (χ1v) is 17.9. The van der Waals surface area contributed by atoms with E-state index in [1.54, 1.807) is 24.0 Å². The predicted molar refractivity (Wildman–Crippen MR) is 180 cm³/mol. The van der Waals surface area contributed by atoms with Crippen molar-refractivity contribution in [1.82, 2.24) is 29.3 Å². The molecule has 0 bridgehead atoms. The molecule has 1 atom stereocenters. The van der Waals surface area contributed by atoms with Crippen molar-refractivity contribution in [3.63, 3.8) is 0 Å². The number of hydrogen-bond donors (Lipinski definition) is 3. The highest BCUT2D eigenvalue weighted by Crippen LogP contribution is 2.37. The molecule has 2 aromatic heterocycles. The number of piperidine rings is 1. The van der Waals surface area contributed by atoms with E-state index >= 15 is 0 Å². The third kappa shape index (κ3) is 9.83. The Hall–Kier alpha value is -3.47. The molecule has 0 spiro atoms. The van der Waals surface area contributed by atoms with E-state index in [-0.39, 0.29) is 31.7 Å². The topological polar surface area (TPSA) is 141 Å². The number of likely N-dealkylation sites (tertiary alicyclic amines) is 1. The standard InChI is InChI=1S/C29H37F3N6O4S.C5H8O/c1-33-16-21-15-20(6-7-24(21)29(30,31)32)27-23-19-37(43(2,41)42)12-8-25(23)38(35-27)18-22(39)17-36-13-9-28(40,10-14-36)26-5-3-4-11-34-26;1-5(2)3-4-6/h3-7,11,15,22,33,39-40H,8-10,12-14,16-19H2,1-2H3;3-4H,1-2H3. The molecule has 5 rings (SSSR count). The molecule has 0 saturated carbocycles. The number of aromatic nitrogens is 3. The molecule has 1 unspecified atom stereocenters. The fourth-order valence-corrected chi connectivity index (χ4v) is 6.96. The summed E-state index contributed by atoms with van der Waals surface area (Å²) < 4.78 is 68.7. The molecule has 1 aromatic carbocycles. The summed E-state index contributed by atoms with van der Waals surface area (Å²) >= 11 is 0. The van der Waals surface area contributed by atoms with Crippen molar-refractivity contribution in [1.29, 1.82) is 0 Å². The minimum absolute atomic E-state index is 0.00887. The smallest absolute Gasteiger partial charge is 0.390 e. The molecule has 2 aliphatic rings. The van der Waals surface area contributed by atoms with Crippen molar-refractivity contribution in [2.45, 2.75) is 70.6 Å². The number of benzene rings is 1. The molecule has 0 radical (unpaired) electrons. The lowest BCUT2D eigenvalue weighted by Gasteiger charge is -2.38. The molecular weight excluding hydrogens is 661 g/mol. The SMILES string of the molecule is CC(C)=CC=O.CNCc1cc(-c2nn(CC(O)CN3CCC(O)(c4ccccn4)CC3)c3c2CN(S(C)(=O)=O)CC3)ccc1C(F)(F)F. The maximum atomic E-state index is 13.7. The van der Waals surface area contributed by atoms with E-state index in [0.29, 0.717) is 61.4 Å². The molecule has 0 aliphatic carbocycles. The number of allylic oxidation sites excluding steroid dienone is 2. The van der Waals surface area contributed by atoms with Crippen molar-refractivity contribution in [2.24, 2.45) is 0 Å². The van der Waals surface area contributed by atoms with Gasteiger partial charge in [0.25, 0.3) is 0 Å². The Morgan fingerprint density at radius 2 is 1.84 bits per heavy atom. The molecule has 0 amide bonds.